The van der Waals surface area contributed by atoms with E-state index in [0.29, 0.717) is 15.6 Å². The van der Waals surface area contributed by atoms with Gasteiger partial charge in [-0.2, -0.15) is 0 Å². The molecule has 0 aliphatic heterocycles. The number of benzene rings is 1. The summed E-state index contributed by atoms with van der Waals surface area (Å²) in [5, 5.41) is 0.768. The molecule has 0 aliphatic carbocycles. The molecule has 0 saturated carbocycles. The molecule has 2 aromatic rings. The summed E-state index contributed by atoms with van der Waals surface area (Å²) in [6.07, 6.45) is 1.36. The fourth-order valence-electron chi connectivity index (χ4n) is 1.80. The molecule has 4 nitrogen and oxygen atoms in total. The molecule has 0 radical (unpaired) electrons. The van der Waals surface area contributed by atoms with Crippen LogP contribution in [-0.4, -0.2) is 17.6 Å². The Balaban J connectivity index is 2.51. The van der Waals surface area contributed by atoms with E-state index in [9.17, 15) is 9.59 Å². The fourth-order valence-corrected chi connectivity index (χ4v) is 2.54. The van der Waals surface area contributed by atoms with E-state index in [1.54, 1.807) is 18.2 Å². The van der Waals surface area contributed by atoms with E-state index in [1.807, 2.05) is 0 Å². The van der Waals surface area contributed by atoms with E-state index < -0.39 is 11.5 Å². The van der Waals surface area contributed by atoms with Crippen molar-refractivity contribution in [3.05, 3.63) is 67.0 Å². The molecular formula is C14H10Cl3NO3. The molecule has 0 spiro atoms. The van der Waals surface area contributed by atoms with Crippen molar-refractivity contribution in [1.29, 1.82) is 0 Å². The predicted octanol–water partition coefficient (Wildman–Crippen LogP) is 3.64. The fraction of sp³-hybridized carbons (Fsp3) is 0.143. The largest absolute Gasteiger partial charge is 0.465 e. The summed E-state index contributed by atoms with van der Waals surface area (Å²) in [4.78, 5) is 23.6. The lowest BCUT2D eigenvalue weighted by molar-refractivity contribution is 0.0599. The van der Waals surface area contributed by atoms with Crippen LogP contribution in [0, 0.1) is 0 Å². The van der Waals surface area contributed by atoms with Crippen LogP contribution >= 0.6 is 34.8 Å². The smallest absolute Gasteiger partial charge is 0.339 e. The molecule has 7 heteroatoms. The van der Waals surface area contributed by atoms with Crippen LogP contribution in [0.15, 0.2) is 35.3 Å². The van der Waals surface area contributed by atoms with E-state index in [1.165, 1.54) is 23.9 Å². The first-order valence-corrected chi connectivity index (χ1v) is 6.98. The van der Waals surface area contributed by atoms with Crippen LogP contribution in [0.1, 0.15) is 15.9 Å². The Hall–Kier alpha value is -1.49. The van der Waals surface area contributed by atoms with Gasteiger partial charge in [0, 0.05) is 21.8 Å². The highest BCUT2D eigenvalue weighted by atomic mass is 35.5. The van der Waals surface area contributed by atoms with Crippen molar-refractivity contribution in [2.24, 2.45) is 0 Å². The van der Waals surface area contributed by atoms with Crippen molar-refractivity contribution in [3.63, 3.8) is 0 Å². The standard InChI is InChI=1S/C14H10Cl3NO3/c1-21-14(20)8-5-12(17)13(19)18(6-8)7-9-10(15)3-2-4-11(9)16/h2-6H,7H2,1H3. The molecule has 0 atom stereocenters. The lowest BCUT2D eigenvalue weighted by atomic mass is 10.2. The molecule has 21 heavy (non-hydrogen) atoms. The first kappa shape index (κ1) is 15.9. The van der Waals surface area contributed by atoms with Gasteiger partial charge < -0.3 is 9.30 Å². The molecule has 110 valence electrons. The number of aromatic nitrogens is 1. The van der Waals surface area contributed by atoms with Gasteiger partial charge in [0.2, 0.25) is 0 Å². The normalized spacial score (nSPS) is 10.5. The summed E-state index contributed by atoms with van der Waals surface area (Å²) >= 11 is 18.0. The quantitative estimate of drug-likeness (QED) is 0.797. The van der Waals surface area contributed by atoms with Crippen LogP contribution in [-0.2, 0) is 11.3 Å². The number of ether oxygens (including phenoxy) is 1. The minimum absolute atomic E-state index is 0.0823. The van der Waals surface area contributed by atoms with Gasteiger partial charge in [-0.05, 0) is 18.2 Å². The average molecular weight is 347 g/mol. The van der Waals surface area contributed by atoms with Gasteiger partial charge >= 0.3 is 5.97 Å². The van der Waals surface area contributed by atoms with Gasteiger partial charge in [-0.15, -0.1) is 0 Å². The van der Waals surface area contributed by atoms with Crippen molar-refractivity contribution in [2.75, 3.05) is 7.11 Å². The third kappa shape index (κ3) is 3.40. The highest BCUT2D eigenvalue weighted by Crippen LogP contribution is 2.25. The maximum atomic E-state index is 12.1. The zero-order valence-corrected chi connectivity index (χ0v) is 13.2. The van der Waals surface area contributed by atoms with E-state index in [-0.39, 0.29) is 17.1 Å². The second-order valence-electron chi connectivity index (χ2n) is 4.20. The number of carbonyl (C=O) groups is 1. The second-order valence-corrected chi connectivity index (χ2v) is 5.42. The molecule has 1 aromatic carbocycles. The van der Waals surface area contributed by atoms with Gasteiger partial charge in [0.05, 0.1) is 19.2 Å². The summed E-state index contributed by atoms with van der Waals surface area (Å²) in [6, 6.07) is 6.30. The minimum Gasteiger partial charge on any atom is -0.465 e. The molecule has 0 amide bonds. The van der Waals surface area contributed by atoms with Gasteiger partial charge in [0.25, 0.3) is 5.56 Å². The number of methoxy groups -OCH3 is 1. The zero-order valence-electron chi connectivity index (χ0n) is 10.9. The molecule has 0 fully saturated rings. The first-order chi connectivity index (χ1) is 9.93. The van der Waals surface area contributed by atoms with E-state index in [4.69, 9.17) is 34.8 Å². The van der Waals surface area contributed by atoms with Crippen molar-refractivity contribution >= 4 is 40.8 Å². The third-order valence-corrected chi connectivity index (χ3v) is 3.83. The number of hydrogen-bond donors (Lipinski definition) is 0. The summed E-state index contributed by atoms with van der Waals surface area (Å²) < 4.78 is 5.88. The van der Waals surface area contributed by atoms with Gasteiger partial charge in [0.1, 0.15) is 5.02 Å². The highest BCUT2D eigenvalue weighted by Gasteiger charge is 2.13. The molecule has 1 heterocycles. The first-order valence-electron chi connectivity index (χ1n) is 5.85. The molecular weight excluding hydrogens is 337 g/mol. The van der Waals surface area contributed by atoms with Crippen molar-refractivity contribution in [2.45, 2.75) is 6.54 Å². The van der Waals surface area contributed by atoms with Crippen LogP contribution in [0.3, 0.4) is 0 Å². The number of rotatable bonds is 3. The van der Waals surface area contributed by atoms with Crippen molar-refractivity contribution in [1.82, 2.24) is 4.57 Å². The topological polar surface area (TPSA) is 48.3 Å². The molecule has 0 aliphatic rings. The number of nitrogens with zero attached hydrogens (tertiary/aromatic N) is 1. The maximum Gasteiger partial charge on any atom is 0.339 e. The highest BCUT2D eigenvalue weighted by molar-refractivity contribution is 6.36. The molecule has 0 saturated heterocycles. The summed E-state index contributed by atoms with van der Waals surface area (Å²) in [5.74, 6) is -0.587. The average Bonchev–Trinajstić information content (AvgIpc) is 2.46. The monoisotopic (exact) mass is 345 g/mol. The van der Waals surface area contributed by atoms with Crippen molar-refractivity contribution < 1.29 is 9.53 Å². The second kappa shape index (κ2) is 6.52. The number of esters is 1. The third-order valence-electron chi connectivity index (χ3n) is 2.85. The van der Waals surface area contributed by atoms with Gasteiger partial charge in [-0.25, -0.2) is 4.79 Å². The Labute approximate surface area is 135 Å². The molecule has 0 unspecified atom stereocenters. The van der Waals surface area contributed by atoms with E-state index in [0.717, 1.165) is 0 Å². The minimum atomic E-state index is -0.587. The van der Waals surface area contributed by atoms with Gasteiger partial charge in [0.15, 0.2) is 0 Å². The Morgan fingerprint density at radius 2 is 1.81 bits per heavy atom. The molecule has 1 aromatic heterocycles. The number of pyridine rings is 1. The van der Waals surface area contributed by atoms with E-state index in [2.05, 4.69) is 4.74 Å². The predicted molar refractivity (Wildman–Crippen MR) is 82.6 cm³/mol. The lowest BCUT2D eigenvalue weighted by Crippen LogP contribution is -2.23. The molecule has 2 rings (SSSR count). The van der Waals surface area contributed by atoms with Crippen LogP contribution in [0.5, 0.6) is 0 Å². The number of hydrogen-bond acceptors (Lipinski definition) is 3. The summed E-state index contributed by atoms with van der Waals surface area (Å²) in [6.45, 7) is 0.0991. The number of carbonyl (C=O) groups excluding carboxylic acids is 1. The maximum absolute atomic E-state index is 12.1. The number of halogens is 3. The van der Waals surface area contributed by atoms with Crippen LogP contribution in [0.25, 0.3) is 0 Å². The Kier molecular flexibility index (Phi) is 4.93. The summed E-state index contributed by atoms with van der Waals surface area (Å²) in [5.41, 5.74) is 0.298. The Morgan fingerprint density at radius 1 is 1.19 bits per heavy atom. The van der Waals surface area contributed by atoms with Gasteiger partial charge in [-0.3, -0.25) is 4.79 Å². The van der Waals surface area contributed by atoms with Crippen LogP contribution < -0.4 is 5.56 Å². The Morgan fingerprint density at radius 3 is 2.38 bits per heavy atom. The lowest BCUT2D eigenvalue weighted by Gasteiger charge is -2.11. The van der Waals surface area contributed by atoms with Crippen LogP contribution in [0.2, 0.25) is 15.1 Å². The zero-order chi connectivity index (χ0) is 15.6. The SMILES string of the molecule is COC(=O)c1cc(Cl)c(=O)n(Cc2c(Cl)cccc2Cl)c1. The van der Waals surface area contributed by atoms with Gasteiger partial charge in [-0.1, -0.05) is 40.9 Å². The van der Waals surface area contributed by atoms with Crippen molar-refractivity contribution in [3.8, 4) is 0 Å². The Bertz CT molecular complexity index is 735. The van der Waals surface area contributed by atoms with E-state index >= 15 is 0 Å². The summed E-state index contributed by atoms with van der Waals surface area (Å²) in [7, 11) is 1.25. The molecule has 0 N–H and O–H groups in total. The van der Waals surface area contributed by atoms with Crippen LogP contribution in [0.4, 0.5) is 0 Å². The molecule has 0 bridgehead atoms.